The molecule has 0 saturated carbocycles. The molecule has 12 nitrogen and oxygen atoms in total. The van der Waals surface area contributed by atoms with Gasteiger partial charge in [0.05, 0.1) is 32.0 Å². The maximum absolute atomic E-state index is 14.2. The summed E-state index contributed by atoms with van der Waals surface area (Å²) in [4.78, 5) is 24.0. The van der Waals surface area contributed by atoms with Crippen molar-refractivity contribution in [3.05, 3.63) is 59.8 Å². The number of imidazole rings is 1. The van der Waals surface area contributed by atoms with E-state index in [0.29, 0.717) is 21.6 Å². The van der Waals surface area contributed by atoms with E-state index in [9.17, 15) is 14.5 Å². The van der Waals surface area contributed by atoms with Crippen LogP contribution in [0.5, 0.6) is 5.75 Å². The molecule has 4 aromatic rings. The molecule has 42 heavy (non-hydrogen) atoms. The lowest BCUT2D eigenvalue weighted by Crippen LogP contribution is -2.37. The van der Waals surface area contributed by atoms with Crippen molar-refractivity contribution in [3.63, 3.8) is 0 Å². The Bertz CT molecular complexity index is 1680. The average Bonchev–Trinajstić information content (AvgIpc) is 3.54. The fraction of sp³-hybridized carbons (Fsp3) is 0.429. The number of ether oxygens (including phenoxy) is 2. The van der Waals surface area contributed by atoms with E-state index < -0.39 is 38.2 Å². The maximum atomic E-state index is 14.2. The molecule has 3 N–H and O–H groups in total. The highest BCUT2D eigenvalue weighted by Gasteiger charge is 2.39. The van der Waals surface area contributed by atoms with Crippen molar-refractivity contribution < 1.29 is 33.0 Å². The topological polar surface area (TPSA) is 150 Å². The Kier molecular flexibility index (Phi) is 8.79. The van der Waals surface area contributed by atoms with Gasteiger partial charge in [0.2, 0.25) is 0 Å². The smallest absolute Gasteiger partial charge is 0.459 e. The maximum Gasteiger partial charge on any atom is 0.459 e. The van der Waals surface area contributed by atoms with Crippen LogP contribution in [0.15, 0.2) is 55.1 Å². The number of aliphatic hydroxyl groups excluding tert-OH is 1. The Morgan fingerprint density at radius 1 is 1.26 bits per heavy atom. The SMILES string of the molecule is C[C@H](NP(=O)(OC[C@@H]1C[C@H](O)[C@H](n2cnc3c(=S)nc[nH]c32)O1)Oc1cccc2ccccc12)C(=O)OCC(C)(C)C. The summed E-state index contributed by atoms with van der Waals surface area (Å²) in [6, 6.07) is 11.8. The number of esters is 1. The normalized spacial score (nSPS) is 21.3. The van der Waals surface area contributed by atoms with Gasteiger partial charge in [0.1, 0.15) is 29.1 Å². The van der Waals surface area contributed by atoms with E-state index in [-0.39, 0.29) is 25.0 Å². The zero-order valence-electron chi connectivity index (χ0n) is 23.7. The third-order valence-corrected chi connectivity index (χ3v) is 8.50. The third-order valence-electron chi connectivity index (χ3n) is 6.57. The van der Waals surface area contributed by atoms with Crippen molar-refractivity contribution in [2.45, 2.75) is 58.6 Å². The number of hydrogen-bond acceptors (Lipinski definition) is 10. The van der Waals surface area contributed by atoms with Crippen LogP contribution < -0.4 is 9.61 Å². The number of aromatic amines is 1. The lowest BCUT2D eigenvalue weighted by atomic mass is 9.99. The molecule has 2 aromatic heterocycles. The minimum atomic E-state index is -4.18. The molecule has 1 aliphatic rings. The van der Waals surface area contributed by atoms with E-state index in [4.69, 9.17) is 30.7 Å². The highest BCUT2D eigenvalue weighted by molar-refractivity contribution is 7.71. The van der Waals surface area contributed by atoms with Crippen molar-refractivity contribution in [1.82, 2.24) is 24.6 Å². The molecule has 0 bridgehead atoms. The molecule has 0 amide bonds. The second kappa shape index (κ2) is 12.2. The number of rotatable bonds is 10. The highest BCUT2D eigenvalue weighted by Crippen LogP contribution is 2.47. The van der Waals surface area contributed by atoms with E-state index in [1.807, 2.05) is 51.1 Å². The van der Waals surface area contributed by atoms with Crippen LogP contribution in [0, 0.1) is 10.1 Å². The van der Waals surface area contributed by atoms with Crippen molar-refractivity contribution in [1.29, 1.82) is 0 Å². The van der Waals surface area contributed by atoms with Crippen LogP contribution in [-0.4, -0.2) is 62.1 Å². The van der Waals surface area contributed by atoms with E-state index in [2.05, 4.69) is 20.0 Å². The fourth-order valence-electron chi connectivity index (χ4n) is 4.53. The predicted octanol–water partition coefficient (Wildman–Crippen LogP) is 5.06. The van der Waals surface area contributed by atoms with Crippen molar-refractivity contribution >= 4 is 47.9 Å². The monoisotopic (exact) mass is 615 g/mol. The van der Waals surface area contributed by atoms with Gasteiger partial charge in [-0.15, -0.1) is 0 Å². The van der Waals surface area contributed by atoms with E-state index >= 15 is 0 Å². The molecule has 1 aliphatic heterocycles. The number of hydrogen-bond donors (Lipinski definition) is 3. The Hall–Kier alpha value is -3.19. The minimum absolute atomic E-state index is 0.186. The molecule has 1 fully saturated rings. The number of nitrogens with one attached hydrogen (secondary N) is 2. The van der Waals surface area contributed by atoms with E-state index in [1.54, 1.807) is 16.7 Å². The molecule has 14 heteroatoms. The van der Waals surface area contributed by atoms with Gasteiger partial charge in [-0.25, -0.2) is 14.5 Å². The van der Waals surface area contributed by atoms with Crippen LogP contribution in [0.25, 0.3) is 21.9 Å². The summed E-state index contributed by atoms with van der Waals surface area (Å²) in [6.45, 7) is 7.34. The number of nitrogens with zero attached hydrogens (tertiary/aromatic N) is 3. The van der Waals surface area contributed by atoms with Gasteiger partial charge in [-0.2, -0.15) is 5.09 Å². The summed E-state index contributed by atoms with van der Waals surface area (Å²) in [5.41, 5.74) is 0.788. The van der Waals surface area contributed by atoms with E-state index in [1.165, 1.54) is 19.6 Å². The second-order valence-electron chi connectivity index (χ2n) is 11.4. The highest BCUT2D eigenvalue weighted by atomic mass is 32.1. The molecule has 0 radical (unpaired) electrons. The van der Waals surface area contributed by atoms with Gasteiger partial charge in [0, 0.05) is 11.8 Å². The lowest BCUT2D eigenvalue weighted by molar-refractivity contribution is -0.148. The number of carbonyl (C=O) groups excluding carboxylic acids is 1. The third kappa shape index (κ3) is 6.88. The summed E-state index contributed by atoms with van der Waals surface area (Å²) in [5.74, 6) is -0.278. The van der Waals surface area contributed by atoms with Gasteiger partial charge < -0.3 is 24.1 Å². The zero-order chi connectivity index (χ0) is 30.1. The van der Waals surface area contributed by atoms with Gasteiger partial charge in [-0.3, -0.25) is 13.9 Å². The first-order valence-corrected chi connectivity index (χ1v) is 15.5. The van der Waals surface area contributed by atoms with Gasteiger partial charge in [-0.1, -0.05) is 69.4 Å². The van der Waals surface area contributed by atoms with Gasteiger partial charge in [0.25, 0.3) is 0 Å². The number of fused-ring (bicyclic) bond motifs is 2. The van der Waals surface area contributed by atoms with Gasteiger partial charge in [-0.05, 0) is 23.8 Å². The summed E-state index contributed by atoms with van der Waals surface area (Å²) in [6.07, 6.45) is 0.787. The summed E-state index contributed by atoms with van der Waals surface area (Å²) in [5, 5.41) is 15.2. The summed E-state index contributed by atoms with van der Waals surface area (Å²) in [7, 11) is -4.18. The quantitative estimate of drug-likeness (QED) is 0.125. The Balaban J connectivity index is 1.34. The van der Waals surface area contributed by atoms with Gasteiger partial charge >= 0.3 is 13.7 Å². The van der Waals surface area contributed by atoms with Gasteiger partial charge in [0.15, 0.2) is 10.9 Å². The van der Waals surface area contributed by atoms with Crippen molar-refractivity contribution in [2.75, 3.05) is 13.2 Å². The second-order valence-corrected chi connectivity index (χ2v) is 13.5. The Morgan fingerprint density at radius 3 is 2.81 bits per heavy atom. The first kappa shape index (κ1) is 30.3. The standard InChI is InChI=1S/C28H34N5O7PS/c1-17(27(35)37-14-28(2,3)4)32-41(36,40-22-11-7-9-18-8-5-6-10-20(18)22)38-13-19-12-21(34)26(39-19)33-16-31-23-24(33)29-15-30-25(23)42/h5-11,15-17,19,21,26,34H,12-14H2,1-4H3,(H,32,36)(H,29,30,42)/t17-,19-,21-,26+,41?/m0/s1. The summed E-state index contributed by atoms with van der Waals surface area (Å²) >= 11 is 5.23. The molecule has 0 aliphatic carbocycles. The largest absolute Gasteiger partial charge is 0.464 e. The Labute approximate surface area is 248 Å². The van der Waals surface area contributed by atoms with Crippen LogP contribution in [-0.2, 0) is 23.4 Å². The van der Waals surface area contributed by atoms with E-state index in [0.717, 1.165) is 10.8 Å². The molecule has 224 valence electrons. The molecule has 3 heterocycles. The number of aromatic nitrogens is 4. The van der Waals surface area contributed by atoms with Crippen LogP contribution >= 0.6 is 20.0 Å². The van der Waals surface area contributed by atoms with Crippen molar-refractivity contribution in [2.24, 2.45) is 5.41 Å². The van der Waals surface area contributed by atoms with Crippen molar-refractivity contribution in [3.8, 4) is 5.75 Å². The average molecular weight is 616 g/mol. The Morgan fingerprint density at radius 2 is 2.02 bits per heavy atom. The van der Waals surface area contributed by atoms with Crippen LogP contribution in [0.1, 0.15) is 40.3 Å². The number of H-pyrrole nitrogens is 1. The predicted molar refractivity (Wildman–Crippen MR) is 158 cm³/mol. The van der Waals surface area contributed by atoms with Crippen LogP contribution in [0.2, 0.25) is 0 Å². The molecular weight excluding hydrogens is 581 g/mol. The summed E-state index contributed by atoms with van der Waals surface area (Å²) < 4.78 is 39.5. The van der Waals surface area contributed by atoms with Crippen LogP contribution in [0.4, 0.5) is 0 Å². The molecule has 2 aromatic carbocycles. The molecular formula is C28H34N5O7PS. The molecule has 5 atom stereocenters. The van der Waals surface area contributed by atoms with Crippen LogP contribution in [0.3, 0.4) is 0 Å². The molecule has 1 unspecified atom stereocenters. The molecule has 0 spiro atoms. The first-order chi connectivity index (χ1) is 19.9. The number of carbonyl (C=O) groups is 1. The number of benzene rings is 2. The molecule has 5 rings (SSSR count). The first-order valence-electron chi connectivity index (χ1n) is 13.5. The molecule has 1 saturated heterocycles. The lowest BCUT2D eigenvalue weighted by Gasteiger charge is -2.25. The zero-order valence-corrected chi connectivity index (χ0v) is 25.4. The fourth-order valence-corrected chi connectivity index (χ4v) is 6.28. The minimum Gasteiger partial charge on any atom is -0.464 e. The number of aliphatic hydroxyl groups is 1.